The second-order valence-electron chi connectivity index (χ2n) is 5.64. The van der Waals surface area contributed by atoms with Crippen molar-refractivity contribution in [1.29, 1.82) is 5.26 Å². The molecule has 27 heavy (non-hydrogen) atoms. The number of ether oxygens (including phenoxy) is 1. The molecule has 0 saturated heterocycles. The van der Waals surface area contributed by atoms with Crippen LogP contribution in [0.15, 0.2) is 48.5 Å². The van der Waals surface area contributed by atoms with E-state index in [4.69, 9.17) is 5.26 Å². The van der Waals surface area contributed by atoms with Gasteiger partial charge in [0.2, 0.25) is 0 Å². The van der Waals surface area contributed by atoms with Crippen molar-refractivity contribution in [3.8, 4) is 6.07 Å². The van der Waals surface area contributed by atoms with Crippen molar-refractivity contribution in [2.24, 2.45) is 0 Å². The molecule has 1 amide bonds. The van der Waals surface area contributed by atoms with Gasteiger partial charge >= 0.3 is 12.1 Å². The fourth-order valence-corrected chi connectivity index (χ4v) is 2.38. The third-order valence-corrected chi connectivity index (χ3v) is 3.76. The number of hydrogen-bond acceptors (Lipinski definition) is 4. The van der Waals surface area contributed by atoms with Gasteiger partial charge in [0.1, 0.15) is 6.04 Å². The lowest BCUT2D eigenvalue weighted by atomic mass is 10.0. The molecule has 140 valence electrons. The van der Waals surface area contributed by atoms with E-state index in [-0.39, 0.29) is 17.5 Å². The van der Waals surface area contributed by atoms with Crippen LogP contribution >= 0.6 is 0 Å². The predicted molar refractivity (Wildman–Crippen MR) is 89.6 cm³/mol. The van der Waals surface area contributed by atoms with Gasteiger partial charge < -0.3 is 10.1 Å². The van der Waals surface area contributed by atoms with Gasteiger partial charge in [0, 0.05) is 12.0 Å². The second-order valence-corrected chi connectivity index (χ2v) is 5.64. The molecule has 0 aromatic heterocycles. The molecule has 0 aliphatic carbocycles. The molecule has 2 aromatic carbocycles. The van der Waals surface area contributed by atoms with E-state index >= 15 is 0 Å². The van der Waals surface area contributed by atoms with Crippen LogP contribution in [0.25, 0.3) is 0 Å². The number of nitriles is 1. The maximum absolute atomic E-state index is 12.8. The first kappa shape index (κ1) is 20.0. The third-order valence-electron chi connectivity index (χ3n) is 3.76. The van der Waals surface area contributed by atoms with Crippen LogP contribution in [-0.4, -0.2) is 25.0 Å². The summed E-state index contributed by atoms with van der Waals surface area (Å²) in [5, 5.41) is 11.2. The van der Waals surface area contributed by atoms with Gasteiger partial charge in [-0.05, 0) is 35.9 Å². The fraction of sp³-hybridized carbons (Fsp3) is 0.211. The molecule has 2 aromatic rings. The number of alkyl halides is 3. The highest BCUT2D eigenvalue weighted by molar-refractivity contribution is 5.96. The van der Waals surface area contributed by atoms with Gasteiger partial charge in [-0.25, -0.2) is 4.79 Å². The molecule has 8 heteroatoms. The number of esters is 1. The highest BCUT2D eigenvalue weighted by atomic mass is 19.4. The van der Waals surface area contributed by atoms with Crippen LogP contribution in [0.1, 0.15) is 27.0 Å². The first-order valence-corrected chi connectivity index (χ1v) is 7.79. The number of carbonyl (C=O) groups is 2. The Kier molecular flexibility index (Phi) is 6.19. The minimum atomic E-state index is -4.51. The van der Waals surface area contributed by atoms with E-state index in [0.29, 0.717) is 5.56 Å². The number of nitrogens with one attached hydrogen (secondary N) is 1. The van der Waals surface area contributed by atoms with Gasteiger partial charge in [-0.2, -0.15) is 18.4 Å². The van der Waals surface area contributed by atoms with E-state index < -0.39 is 29.7 Å². The molecule has 1 atom stereocenters. The number of hydrogen-bond donors (Lipinski definition) is 1. The van der Waals surface area contributed by atoms with Gasteiger partial charge in [0.05, 0.1) is 24.3 Å². The van der Waals surface area contributed by atoms with Gasteiger partial charge in [-0.1, -0.05) is 18.2 Å². The maximum Gasteiger partial charge on any atom is 0.416 e. The zero-order chi connectivity index (χ0) is 20.0. The van der Waals surface area contributed by atoms with E-state index in [1.165, 1.54) is 36.4 Å². The summed E-state index contributed by atoms with van der Waals surface area (Å²) in [6.07, 6.45) is -4.68. The molecule has 0 radical (unpaired) electrons. The van der Waals surface area contributed by atoms with Crippen molar-refractivity contribution in [3.05, 3.63) is 70.8 Å². The highest BCUT2D eigenvalue weighted by Gasteiger charge is 2.31. The van der Waals surface area contributed by atoms with Crippen LogP contribution in [-0.2, 0) is 22.1 Å². The average molecular weight is 376 g/mol. The molecule has 1 N–H and O–H groups in total. The summed E-state index contributed by atoms with van der Waals surface area (Å²) in [5.41, 5.74) is -0.0608. The van der Waals surface area contributed by atoms with Crippen molar-refractivity contribution in [3.63, 3.8) is 0 Å². The average Bonchev–Trinajstić information content (AvgIpc) is 2.66. The van der Waals surface area contributed by atoms with Crippen molar-refractivity contribution in [2.75, 3.05) is 7.11 Å². The topological polar surface area (TPSA) is 79.2 Å². The van der Waals surface area contributed by atoms with Crippen LogP contribution in [0.2, 0.25) is 0 Å². The van der Waals surface area contributed by atoms with Crippen LogP contribution in [0.4, 0.5) is 13.2 Å². The molecule has 2 rings (SSSR count). The molecule has 0 fully saturated rings. The Labute approximate surface area is 153 Å². The molecule has 5 nitrogen and oxygen atoms in total. The van der Waals surface area contributed by atoms with Crippen molar-refractivity contribution in [1.82, 2.24) is 5.32 Å². The zero-order valence-corrected chi connectivity index (χ0v) is 14.2. The molecular formula is C19H15F3N2O3. The molecule has 0 bridgehead atoms. The van der Waals surface area contributed by atoms with E-state index in [9.17, 15) is 22.8 Å². The van der Waals surface area contributed by atoms with E-state index in [0.717, 1.165) is 19.2 Å². The van der Waals surface area contributed by atoms with Gasteiger partial charge in [-0.3, -0.25) is 4.79 Å². The number of carbonyl (C=O) groups excluding carboxylic acids is 2. The summed E-state index contributed by atoms with van der Waals surface area (Å²) in [7, 11) is 1.12. The standard InChI is InChI=1S/C19H15F3N2O3/c1-27-18(26)16(10-13-3-2-4-15(9-13)19(20,21)22)24-17(25)14-7-5-12(11-23)6-8-14/h2-9,16H,10H2,1H3,(H,24,25)/t16-/m1/s1. The van der Waals surface area contributed by atoms with Crippen LogP contribution in [0.5, 0.6) is 0 Å². The van der Waals surface area contributed by atoms with Crippen molar-refractivity contribution >= 4 is 11.9 Å². The minimum absolute atomic E-state index is 0.168. The molecule has 0 aliphatic heterocycles. The molecule has 0 aliphatic rings. The molecular weight excluding hydrogens is 361 g/mol. The van der Waals surface area contributed by atoms with Crippen molar-refractivity contribution in [2.45, 2.75) is 18.6 Å². The molecule has 0 unspecified atom stereocenters. The number of nitrogens with zero attached hydrogens (tertiary/aromatic N) is 1. The zero-order valence-electron chi connectivity index (χ0n) is 14.2. The van der Waals surface area contributed by atoms with Gasteiger partial charge in [-0.15, -0.1) is 0 Å². The number of rotatable bonds is 5. The first-order chi connectivity index (χ1) is 12.7. The SMILES string of the molecule is COC(=O)[C@@H](Cc1cccc(C(F)(F)F)c1)NC(=O)c1ccc(C#N)cc1. The van der Waals surface area contributed by atoms with Crippen LogP contribution in [0.3, 0.4) is 0 Å². The lowest BCUT2D eigenvalue weighted by molar-refractivity contribution is -0.142. The minimum Gasteiger partial charge on any atom is -0.467 e. The summed E-state index contributed by atoms with van der Waals surface area (Å²) in [5.74, 6) is -1.39. The maximum atomic E-state index is 12.8. The molecule has 0 heterocycles. The first-order valence-electron chi connectivity index (χ1n) is 7.79. The molecule has 0 spiro atoms. The summed E-state index contributed by atoms with van der Waals surface area (Å²) in [6.45, 7) is 0. The largest absolute Gasteiger partial charge is 0.467 e. The Morgan fingerprint density at radius 1 is 1.19 bits per heavy atom. The summed E-state index contributed by atoms with van der Waals surface area (Å²) >= 11 is 0. The normalized spacial score (nSPS) is 12.0. The van der Waals surface area contributed by atoms with Crippen LogP contribution < -0.4 is 5.32 Å². The van der Waals surface area contributed by atoms with E-state index in [2.05, 4.69) is 10.1 Å². The summed E-state index contributed by atoms with van der Waals surface area (Å²) < 4.78 is 43.2. The Balaban J connectivity index is 2.19. The van der Waals surface area contributed by atoms with Crippen molar-refractivity contribution < 1.29 is 27.5 Å². The lowest BCUT2D eigenvalue weighted by Gasteiger charge is -2.17. The lowest BCUT2D eigenvalue weighted by Crippen LogP contribution is -2.43. The second kappa shape index (κ2) is 8.36. The van der Waals surface area contributed by atoms with E-state index in [1.807, 2.05) is 6.07 Å². The smallest absolute Gasteiger partial charge is 0.416 e. The van der Waals surface area contributed by atoms with Gasteiger partial charge in [0.15, 0.2) is 0 Å². The number of amides is 1. The Morgan fingerprint density at radius 3 is 2.41 bits per heavy atom. The Hall–Kier alpha value is -3.34. The Morgan fingerprint density at radius 2 is 1.85 bits per heavy atom. The predicted octanol–water partition coefficient (Wildman–Crippen LogP) is 3.09. The third kappa shape index (κ3) is 5.31. The molecule has 0 saturated carbocycles. The summed E-state index contributed by atoms with van der Waals surface area (Å²) in [6, 6.07) is 10.9. The van der Waals surface area contributed by atoms with E-state index in [1.54, 1.807) is 0 Å². The quantitative estimate of drug-likeness (QED) is 0.814. The summed E-state index contributed by atoms with van der Waals surface area (Å²) in [4.78, 5) is 24.3. The Bertz CT molecular complexity index is 871. The number of benzene rings is 2. The number of halogens is 3. The van der Waals surface area contributed by atoms with Gasteiger partial charge in [0.25, 0.3) is 5.91 Å². The fourth-order valence-electron chi connectivity index (χ4n) is 2.38. The monoisotopic (exact) mass is 376 g/mol. The van der Waals surface area contributed by atoms with Crippen LogP contribution in [0, 0.1) is 11.3 Å². The highest BCUT2D eigenvalue weighted by Crippen LogP contribution is 2.29. The number of methoxy groups -OCH3 is 1.